The van der Waals surface area contributed by atoms with Crippen molar-refractivity contribution in [1.29, 1.82) is 0 Å². The van der Waals surface area contributed by atoms with Crippen LogP contribution in [0.25, 0.3) is 11.3 Å². The Balaban J connectivity index is 2.42. The van der Waals surface area contributed by atoms with Crippen molar-refractivity contribution in [3.8, 4) is 17.0 Å². The average Bonchev–Trinajstić information content (AvgIpc) is 2.61. The number of carbonyl (C=O) groups is 1. The van der Waals surface area contributed by atoms with Crippen LogP contribution < -0.4 is 4.74 Å². The summed E-state index contributed by atoms with van der Waals surface area (Å²) in [6.45, 7) is 2.22. The fraction of sp³-hybridized carbons (Fsp3) is 0.294. The molecule has 1 aromatic carbocycles. The van der Waals surface area contributed by atoms with Gasteiger partial charge in [0.25, 0.3) is 0 Å². The van der Waals surface area contributed by atoms with Crippen molar-refractivity contribution in [1.82, 2.24) is 4.98 Å². The van der Waals surface area contributed by atoms with Gasteiger partial charge in [-0.25, -0.2) is 9.78 Å². The molecule has 0 N–H and O–H groups in total. The van der Waals surface area contributed by atoms with Crippen molar-refractivity contribution >= 4 is 34.9 Å². The van der Waals surface area contributed by atoms with Gasteiger partial charge in [-0.3, -0.25) is 0 Å². The molecule has 1 heterocycles. The van der Waals surface area contributed by atoms with E-state index in [1.165, 1.54) is 13.2 Å². The molecule has 0 atom stereocenters. The molecule has 0 aliphatic rings. The highest BCUT2D eigenvalue weighted by molar-refractivity contribution is 6.37. The quantitative estimate of drug-likeness (QED) is 0.362. The number of nitrogens with zero attached hydrogens (tertiary/aromatic N) is 2. The predicted octanol–water partition coefficient (Wildman–Crippen LogP) is 5.42. The minimum absolute atomic E-state index is 0.0871. The molecule has 6 nitrogen and oxygen atoms in total. The second kappa shape index (κ2) is 8.78. The van der Waals surface area contributed by atoms with Crippen LogP contribution in [0.1, 0.15) is 30.3 Å². The average molecular weight is 383 g/mol. The molecule has 1 aromatic heterocycles. The van der Waals surface area contributed by atoms with Crippen molar-refractivity contribution in [2.45, 2.75) is 19.8 Å². The summed E-state index contributed by atoms with van der Waals surface area (Å²) in [7, 11) is 1.46. The predicted molar refractivity (Wildman–Crippen MR) is 96.9 cm³/mol. The third-order valence-electron chi connectivity index (χ3n) is 3.39. The van der Waals surface area contributed by atoms with E-state index in [4.69, 9.17) is 32.7 Å². The van der Waals surface area contributed by atoms with E-state index in [1.54, 1.807) is 18.2 Å². The zero-order valence-electron chi connectivity index (χ0n) is 13.7. The van der Waals surface area contributed by atoms with Gasteiger partial charge in [0.2, 0.25) is 0 Å². The first-order valence-corrected chi connectivity index (χ1v) is 8.32. The van der Waals surface area contributed by atoms with Crippen LogP contribution in [0.3, 0.4) is 0 Å². The van der Waals surface area contributed by atoms with Crippen LogP contribution in [0.4, 0.5) is 5.69 Å². The zero-order chi connectivity index (χ0) is 18.4. The molecule has 2 aromatic rings. The second-order valence-electron chi connectivity index (χ2n) is 5.12. The highest BCUT2D eigenvalue weighted by atomic mass is 35.5. The van der Waals surface area contributed by atoms with E-state index < -0.39 is 5.97 Å². The largest absolute Gasteiger partial charge is 0.494 e. The molecule has 132 valence electrons. The van der Waals surface area contributed by atoms with Gasteiger partial charge in [-0.1, -0.05) is 36.5 Å². The first kappa shape index (κ1) is 19.1. The molecule has 0 bridgehead atoms. The smallest absolute Gasteiger partial charge is 0.359 e. The Bertz CT molecular complexity index is 773. The van der Waals surface area contributed by atoms with Gasteiger partial charge in [-0.2, -0.15) is 0 Å². The Morgan fingerprint density at radius 3 is 2.48 bits per heavy atom. The molecule has 2 rings (SSSR count). The maximum atomic E-state index is 12.2. The first-order chi connectivity index (χ1) is 12.0. The summed E-state index contributed by atoms with van der Waals surface area (Å²) in [4.78, 5) is 27.3. The Hall–Kier alpha value is -2.18. The lowest BCUT2D eigenvalue weighted by atomic mass is 10.1. The minimum atomic E-state index is -0.699. The number of halogens is 2. The number of benzene rings is 1. The summed E-state index contributed by atoms with van der Waals surface area (Å²) in [5, 5.41) is 3.44. The Labute approximate surface area is 155 Å². The van der Waals surface area contributed by atoms with E-state index in [0.717, 1.165) is 12.8 Å². The standard InChI is InChI=1S/C17H16Cl2N2O4/c1-3-4-7-25-17(22)15-14(21-23)6-5-13(20-15)10-8-11(18)16(24-2)12(19)9-10/h5-6,8-9H,3-4,7H2,1-2H3. The molecular formula is C17H16Cl2N2O4. The van der Waals surface area contributed by atoms with E-state index in [-0.39, 0.29) is 18.0 Å². The van der Waals surface area contributed by atoms with Gasteiger partial charge in [-0.05, 0) is 35.9 Å². The van der Waals surface area contributed by atoms with Crippen LogP contribution in [0.15, 0.2) is 29.4 Å². The maximum Gasteiger partial charge on any atom is 0.359 e. The number of esters is 1. The summed E-state index contributed by atoms with van der Waals surface area (Å²) < 4.78 is 10.2. The van der Waals surface area contributed by atoms with Gasteiger partial charge in [0, 0.05) is 5.56 Å². The summed E-state index contributed by atoms with van der Waals surface area (Å²) in [5.41, 5.74) is 0.736. The number of carbonyl (C=O) groups excluding carboxylic acids is 1. The number of hydrogen-bond donors (Lipinski definition) is 0. The van der Waals surface area contributed by atoms with Gasteiger partial charge >= 0.3 is 5.97 Å². The van der Waals surface area contributed by atoms with Crippen LogP contribution in [0, 0.1) is 4.91 Å². The number of hydrogen-bond acceptors (Lipinski definition) is 6. The van der Waals surface area contributed by atoms with E-state index in [9.17, 15) is 9.70 Å². The van der Waals surface area contributed by atoms with Crippen LogP contribution in [-0.2, 0) is 4.74 Å². The molecule has 8 heteroatoms. The van der Waals surface area contributed by atoms with Gasteiger partial charge in [0.1, 0.15) is 5.69 Å². The lowest BCUT2D eigenvalue weighted by Crippen LogP contribution is -2.09. The molecule has 0 aliphatic carbocycles. The summed E-state index contributed by atoms with van der Waals surface area (Å²) in [6, 6.07) is 6.16. The first-order valence-electron chi connectivity index (χ1n) is 7.56. The van der Waals surface area contributed by atoms with Crippen LogP contribution in [0.5, 0.6) is 5.75 Å². The van der Waals surface area contributed by atoms with Gasteiger partial charge in [-0.15, -0.1) is 4.91 Å². The number of pyridine rings is 1. The van der Waals surface area contributed by atoms with Crippen molar-refractivity contribution in [3.63, 3.8) is 0 Å². The second-order valence-corrected chi connectivity index (χ2v) is 5.93. The SMILES string of the molecule is CCCCOC(=O)c1nc(-c2cc(Cl)c(OC)c(Cl)c2)ccc1N=O. The van der Waals surface area contributed by atoms with Crippen LogP contribution in [0.2, 0.25) is 10.0 Å². The highest BCUT2D eigenvalue weighted by Crippen LogP contribution is 2.37. The molecule has 0 saturated heterocycles. The summed E-state index contributed by atoms with van der Waals surface area (Å²) in [5.74, 6) is -0.354. The molecule has 0 unspecified atom stereocenters. The fourth-order valence-electron chi connectivity index (χ4n) is 2.12. The van der Waals surface area contributed by atoms with Crippen molar-refractivity contribution in [2.75, 3.05) is 13.7 Å². The monoisotopic (exact) mass is 382 g/mol. The number of methoxy groups -OCH3 is 1. The van der Waals surface area contributed by atoms with Crippen molar-refractivity contribution in [3.05, 3.63) is 44.9 Å². The van der Waals surface area contributed by atoms with Crippen molar-refractivity contribution < 1.29 is 14.3 Å². The summed E-state index contributed by atoms with van der Waals surface area (Å²) in [6.07, 6.45) is 1.60. The molecule has 0 saturated carbocycles. The molecule has 0 fully saturated rings. The van der Waals surface area contributed by atoms with Crippen LogP contribution >= 0.6 is 23.2 Å². The molecule has 0 radical (unpaired) electrons. The third kappa shape index (κ3) is 4.46. The lowest BCUT2D eigenvalue weighted by molar-refractivity contribution is 0.0494. The van der Waals surface area contributed by atoms with E-state index in [2.05, 4.69) is 10.2 Å². The topological polar surface area (TPSA) is 77.8 Å². The zero-order valence-corrected chi connectivity index (χ0v) is 15.2. The van der Waals surface area contributed by atoms with E-state index in [0.29, 0.717) is 27.1 Å². The molecule has 0 spiro atoms. The van der Waals surface area contributed by atoms with Gasteiger partial charge in [0.15, 0.2) is 11.4 Å². The van der Waals surface area contributed by atoms with E-state index in [1.807, 2.05) is 6.92 Å². The highest BCUT2D eigenvalue weighted by Gasteiger charge is 2.18. The number of unbranched alkanes of at least 4 members (excludes halogenated alkanes) is 1. The molecule has 25 heavy (non-hydrogen) atoms. The normalized spacial score (nSPS) is 10.4. The molecule has 0 aliphatic heterocycles. The summed E-state index contributed by atoms with van der Waals surface area (Å²) >= 11 is 12.3. The Kier molecular flexibility index (Phi) is 6.73. The Morgan fingerprint density at radius 2 is 1.92 bits per heavy atom. The third-order valence-corrected chi connectivity index (χ3v) is 3.96. The molecular weight excluding hydrogens is 367 g/mol. The Morgan fingerprint density at radius 1 is 1.24 bits per heavy atom. The van der Waals surface area contributed by atoms with E-state index >= 15 is 0 Å². The number of aromatic nitrogens is 1. The minimum Gasteiger partial charge on any atom is -0.494 e. The van der Waals surface area contributed by atoms with Crippen molar-refractivity contribution in [2.24, 2.45) is 5.18 Å². The van der Waals surface area contributed by atoms with Gasteiger partial charge in [0.05, 0.1) is 29.5 Å². The van der Waals surface area contributed by atoms with Gasteiger partial charge < -0.3 is 9.47 Å². The fourth-order valence-corrected chi connectivity index (χ4v) is 2.76. The maximum absolute atomic E-state index is 12.2. The van der Waals surface area contributed by atoms with Crippen LogP contribution in [-0.4, -0.2) is 24.7 Å². The number of ether oxygens (including phenoxy) is 2. The number of rotatable bonds is 7. The molecule has 0 amide bonds. The lowest BCUT2D eigenvalue weighted by Gasteiger charge is -2.10. The number of nitroso groups, excluding NO2 is 1.